The zero-order valence-corrected chi connectivity index (χ0v) is 12.3. The Morgan fingerprint density at radius 3 is 2.36 bits per heavy atom. The molecule has 0 atom stereocenters. The Morgan fingerprint density at radius 2 is 1.73 bits per heavy atom. The summed E-state index contributed by atoms with van der Waals surface area (Å²) in [6.07, 6.45) is 0. The third kappa shape index (κ3) is 3.04. The Balaban J connectivity index is 2.20. The molecule has 0 unspecified atom stereocenters. The highest BCUT2D eigenvalue weighted by atomic mass is 16.2. The minimum atomic E-state index is -0.769. The molecule has 1 aliphatic rings. The monoisotopic (exact) mass is 303 g/mol. The van der Waals surface area contributed by atoms with E-state index in [1.165, 1.54) is 6.92 Å². The van der Waals surface area contributed by atoms with Crippen LogP contribution in [0.1, 0.15) is 19.4 Å². The molecule has 22 heavy (non-hydrogen) atoms. The van der Waals surface area contributed by atoms with Crippen molar-refractivity contribution in [2.24, 2.45) is 21.7 Å². The van der Waals surface area contributed by atoms with E-state index in [9.17, 15) is 9.59 Å². The molecule has 0 radical (unpaired) electrons. The number of para-hydroxylation sites is 1. The molecule has 4 amide bonds. The van der Waals surface area contributed by atoms with Gasteiger partial charge in [-0.05, 0) is 25.5 Å². The molecule has 9 heteroatoms. The minimum absolute atomic E-state index is 0.195. The normalized spacial score (nSPS) is 14.3. The van der Waals surface area contributed by atoms with Crippen LogP contribution in [0, 0.1) is 0 Å². The summed E-state index contributed by atoms with van der Waals surface area (Å²) in [5.74, 6) is 0.410. The number of amides is 4. The first-order valence-corrected chi connectivity index (χ1v) is 6.53. The Hall–Kier alpha value is -2.94. The summed E-state index contributed by atoms with van der Waals surface area (Å²) in [5, 5.41) is 12.6. The van der Waals surface area contributed by atoms with Crippen LogP contribution in [-0.4, -0.2) is 33.8 Å². The number of primary amides is 1. The second-order valence-corrected chi connectivity index (χ2v) is 4.55. The Labute approximate surface area is 127 Å². The van der Waals surface area contributed by atoms with E-state index < -0.39 is 12.1 Å². The minimum Gasteiger partial charge on any atom is -0.350 e. The second-order valence-electron chi connectivity index (χ2n) is 4.55. The van der Waals surface area contributed by atoms with Gasteiger partial charge in [-0.15, -0.1) is 10.2 Å². The van der Waals surface area contributed by atoms with Crippen molar-refractivity contribution in [1.82, 2.24) is 10.0 Å². The second kappa shape index (κ2) is 6.22. The van der Waals surface area contributed by atoms with Gasteiger partial charge in [0.1, 0.15) is 0 Å². The van der Waals surface area contributed by atoms with Gasteiger partial charge in [0, 0.05) is 12.2 Å². The molecule has 1 aromatic rings. The smallest absolute Gasteiger partial charge is 0.348 e. The van der Waals surface area contributed by atoms with E-state index in [4.69, 9.17) is 11.5 Å². The number of nitrogens with zero attached hydrogens (tertiary/aromatic N) is 4. The number of hydrogen-bond acceptors (Lipinski definition) is 5. The molecule has 0 aliphatic carbocycles. The van der Waals surface area contributed by atoms with Crippen molar-refractivity contribution in [2.75, 3.05) is 5.32 Å². The number of benzene rings is 1. The number of carbonyl (C=O) groups excluding carboxylic acids is 2. The number of amidine groups is 2. The van der Waals surface area contributed by atoms with Crippen LogP contribution in [-0.2, 0) is 6.54 Å². The molecule has 1 aromatic carbocycles. The molecule has 0 spiro atoms. The molecule has 2 rings (SSSR count). The number of anilines is 1. The first kappa shape index (κ1) is 15.4. The quantitative estimate of drug-likeness (QED) is 0.754. The van der Waals surface area contributed by atoms with Crippen molar-refractivity contribution in [1.29, 1.82) is 0 Å². The largest absolute Gasteiger partial charge is 0.350 e. The SMILES string of the molecule is CC1=NN(C(=O)Nc2ccccc2CN)C(C)=NN1C(N)=O. The fraction of sp³-hybridized carbons (Fsp3) is 0.231. The molecule has 1 aliphatic heterocycles. The van der Waals surface area contributed by atoms with Crippen LogP contribution in [0.5, 0.6) is 0 Å². The lowest BCUT2D eigenvalue weighted by molar-refractivity contribution is 0.221. The number of hydrazone groups is 2. The highest BCUT2D eigenvalue weighted by Crippen LogP contribution is 2.16. The van der Waals surface area contributed by atoms with Crippen molar-refractivity contribution < 1.29 is 9.59 Å². The van der Waals surface area contributed by atoms with Crippen LogP contribution in [0.4, 0.5) is 15.3 Å². The number of rotatable bonds is 2. The highest BCUT2D eigenvalue weighted by molar-refractivity contribution is 6.07. The third-order valence-corrected chi connectivity index (χ3v) is 2.98. The van der Waals surface area contributed by atoms with E-state index in [0.717, 1.165) is 15.6 Å². The zero-order valence-electron chi connectivity index (χ0n) is 12.3. The molecule has 1 heterocycles. The van der Waals surface area contributed by atoms with Crippen molar-refractivity contribution in [2.45, 2.75) is 20.4 Å². The summed E-state index contributed by atoms with van der Waals surface area (Å²) in [6, 6.07) is 5.90. The maximum atomic E-state index is 12.3. The van der Waals surface area contributed by atoms with E-state index in [0.29, 0.717) is 12.2 Å². The average Bonchev–Trinajstić information content (AvgIpc) is 2.49. The van der Waals surface area contributed by atoms with Gasteiger partial charge in [0.2, 0.25) is 0 Å². The van der Waals surface area contributed by atoms with Crippen LogP contribution < -0.4 is 16.8 Å². The Morgan fingerprint density at radius 1 is 1.14 bits per heavy atom. The van der Waals surface area contributed by atoms with E-state index in [-0.39, 0.29) is 11.7 Å². The lowest BCUT2D eigenvalue weighted by Gasteiger charge is -2.26. The van der Waals surface area contributed by atoms with Gasteiger partial charge in [-0.3, -0.25) is 0 Å². The van der Waals surface area contributed by atoms with E-state index >= 15 is 0 Å². The lowest BCUT2D eigenvalue weighted by atomic mass is 10.2. The van der Waals surface area contributed by atoms with Gasteiger partial charge in [0.25, 0.3) is 0 Å². The Kier molecular flexibility index (Phi) is 4.37. The van der Waals surface area contributed by atoms with Crippen LogP contribution in [0.3, 0.4) is 0 Å². The van der Waals surface area contributed by atoms with Gasteiger partial charge in [-0.2, -0.15) is 10.0 Å². The summed E-state index contributed by atoms with van der Waals surface area (Å²) in [5.41, 5.74) is 12.2. The number of carbonyl (C=O) groups is 2. The van der Waals surface area contributed by atoms with Crippen molar-refractivity contribution >= 4 is 29.4 Å². The molecular formula is C13H17N7O2. The number of nitrogens with one attached hydrogen (secondary N) is 1. The van der Waals surface area contributed by atoms with E-state index in [1.807, 2.05) is 12.1 Å². The lowest BCUT2D eigenvalue weighted by Crippen LogP contribution is -2.45. The average molecular weight is 303 g/mol. The summed E-state index contributed by atoms with van der Waals surface area (Å²) >= 11 is 0. The van der Waals surface area contributed by atoms with Crippen molar-refractivity contribution in [3.8, 4) is 0 Å². The van der Waals surface area contributed by atoms with Gasteiger partial charge in [0.15, 0.2) is 11.7 Å². The summed E-state index contributed by atoms with van der Waals surface area (Å²) in [4.78, 5) is 23.5. The molecule has 0 bridgehead atoms. The summed E-state index contributed by atoms with van der Waals surface area (Å²) in [6.45, 7) is 3.36. The predicted molar refractivity (Wildman–Crippen MR) is 82.8 cm³/mol. The molecule has 0 saturated heterocycles. The van der Waals surface area contributed by atoms with Gasteiger partial charge < -0.3 is 16.8 Å². The topological polar surface area (TPSA) is 129 Å². The van der Waals surface area contributed by atoms with E-state index in [2.05, 4.69) is 15.5 Å². The molecule has 5 N–H and O–H groups in total. The van der Waals surface area contributed by atoms with Gasteiger partial charge in [-0.1, -0.05) is 18.2 Å². The number of urea groups is 2. The maximum absolute atomic E-state index is 12.3. The molecule has 0 fully saturated rings. The van der Waals surface area contributed by atoms with Crippen LogP contribution >= 0.6 is 0 Å². The predicted octanol–water partition coefficient (Wildman–Crippen LogP) is 1.04. The molecular weight excluding hydrogens is 286 g/mol. The fourth-order valence-electron chi connectivity index (χ4n) is 1.91. The van der Waals surface area contributed by atoms with Gasteiger partial charge in [-0.25, -0.2) is 9.59 Å². The third-order valence-electron chi connectivity index (χ3n) is 2.98. The molecule has 0 saturated carbocycles. The van der Waals surface area contributed by atoms with Crippen LogP contribution in [0.2, 0.25) is 0 Å². The highest BCUT2D eigenvalue weighted by Gasteiger charge is 2.26. The molecule has 9 nitrogen and oxygen atoms in total. The van der Waals surface area contributed by atoms with E-state index in [1.54, 1.807) is 19.1 Å². The van der Waals surface area contributed by atoms with Gasteiger partial charge >= 0.3 is 12.1 Å². The van der Waals surface area contributed by atoms with Crippen LogP contribution in [0.15, 0.2) is 34.5 Å². The number of hydrogen-bond donors (Lipinski definition) is 3. The first-order chi connectivity index (χ1) is 10.4. The summed E-state index contributed by atoms with van der Waals surface area (Å²) < 4.78 is 0. The molecule has 116 valence electrons. The van der Waals surface area contributed by atoms with Crippen LogP contribution in [0.25, 0.3) is 0 Å². The van der Waals surface area contributed by atoms with Crippen molar-refractivity contribution in [3.05, 3.63) is 29.8 Å². The maximum Gasteiger partial charge on any atom is 0.348 e. The Bertz CT molecular complexity index is 668. The number of nitrogens with two attached hydrogens (primary N) is 2. The fourth-order valence-corrected chi connectivity index (χ4v) is 1.91. The first-order valence-electron chi connectivity index (χ1n) is 6.53. The molecule has 0 aromatic heterocycles. The van der Waals surface area contributed by atoms with Gasteiger partial charge in [0.05, 0.1) is 0 Å². The van der Waals surface area contributed by atoms with Crippen molar-refractivity contribution in [3.63, 3.8) is 0 Å². The summed E-state index contributed by atoms with van der Waals surface area (Å²) in [7, 11) is 0. The zero-order chi connectivity index (χ0) is 16.3. The standard InChI is InChI=1S/C13H17N7O2/c1-8-18-20(9(2)17-19(8)12(15)21)13(22)16-11-6-4-3-5-10(11)7-14/h3-6H,7,14H2,1-2H3,(H2,15,21)(H,16,22).